The van der Waals surface area contributed by atoms with Gasteiger partial charge in [-0.3, -0.25) is 4.79 Å². The van der Waals surface area contributed by atoms with Crippen LogP contribution in [0.3, 0.4) is 0 Å². The smallest absolute Gasteiger partial charge is 0.260 e. The number of pyridine rings is 2. The maximum absolute atomic E-state index is 12.1. The van der Waals surface area contributed by atoms with Crippen LogP contribution in [-0.2, 0) is 0 Å². The molecule has 0 aliphatic rings. The molecule has 0 saturated carbocycles. The summed E-state index contributed by atoms with van der Waals surface area (Å²) in [6, 6.07) is 8.81. The van der Waals surface area contributed by atoms with Crippen LogP contribution in [0.1, 0.15) is 17.3 Å². The molecule has 0 spiro atoms. The maximum atomic E-state index is 12.1. The van der Waals surface area contributed by atoms with Crippen LogP contribution in [0, 0.1) is 0 Å². The van der Waals surface area contributed by atoms with Crippen LogP contribution in [0.15, 0.2) is 42.7 Å². The number of aromatic nitrogens is 2. The molecule has 0 aliphatic carbocycles. The Bertz CT molecular complexity index is 528. The average Bonchev–Trinajstić information content (AvgIpc) is 2.41. The number of anilines is 2. The lowest BCUT2D eigenvalue weighted by molar-refractivity contribution is 0.102. The van der Waals surface area contributed by atoms with Gasteiger partial charge in [-0.15, -0.1) is 0 Å². The summed E-state index contributed by atoms with van der Waals surface area (Å²) in [6.45, 7) is 2.66. The van der Waals surface area contributed by atoms with Gasteiger partial charge < -0.3 is 10.6 Å². The highest BCUT2D eigenvalue weighted by molar-refractivity contribution is 6.06. The van der Waals surface area contributed by atoms with Crippen molar-refractivity contribution in [2.24, 2.45) is 0 Å². The fourth-order valence-electron chi connectivity index (χ4n) is 1.52. The topological polar surface area (TPSA) is 66.9 Å². The van der Waals surface area contributed by atoms with Crippen molar-refractivity contribution < 1.29 is 4.79 Å². The van der Waals surface area contributed by atoms with E-state index in [1.54, 1.807) is 36.7 Å². The predicted molar refractivity (Wildman–Crippen MR) is 70.6 cm³/mol. The van der Waals surface area contributed by atoms with E-state index in [1.165, 1.54) is 0 Å². The van der Waals surface area contributed by atoms with Gasteiger partial charge in [0.2, 0.25) is 0 Å². The molecule has 5 nitrogen and oxygen atoms in total. The second kappa shape index (κ2) is 5.77. The number of nitrogens with zero attached hydrogens (tertiary/aromatic N) is 2. The molecule has 0 radical (unpaired) electrons. The Morgan fingerprint density at radius 1 is 1.17 bits per heavy atom. The summed E-state index contributed by atoms with van der Waals surface area (Å²) < 4.78 is 0. The van der Waals surface area contributed by atoms with E-state index in [-0.39, 0.29) is 5.91 Å². The SMILES string of the molecule is CCNc1ncccc1C(=O)Nc1ccccn1. The van der Waals surface area contributed by atoms with Gasteiger partial charge in [-0.25, -0.2) is 9.97 Å². The molecule has 2 heterocycles. The zero-order chi connectivity index (χ0) is 12.8. The van der Waals surface area contributed by atoms with Crippen molar-refractivity contribution in [2.75, 3.05) is 17.2 Å². The van der Waals surface area contributed by atoms with E-state index in [9.17, 15) is 4.79 Å². The number of rotatable bonds is 4. The summed E-state index contributed by atoms with van der Waals surface area (Å²) in [5.41, 5.74) is 0.505. The molecule has 2 aromatic rings. The van der Waals surface area contributed by atoms with Crippen LogP contribution in [0.2, 0.25) is 0 Å². The molecule has 2 rings (SSSR count). The van der Waals surface area contributed by atoms with Crippen LogP contribution in [0.5, 0.6) is 0 Å². The quantitative estimate of drug-likeness (QED) is 0.862. The number of hydrogen-bond acceptors (Lipinski definition) is 4. The Kier molecular flexibility index (Phi) is 3.86. The standard InChI is InChI=1S/C13H14N4O/c1-2-14-12-10(6-5-9-16-12)13(18)17-11-7-3-4-8-15-11/h3-9H,2H2,1H3,(H,14,16)(H,15,17,18). The molecule has 0 fully saturated rings. The van der Waals surface area contributed by atoms with Crippen LogP contribution in [0.25, 0.3) is 0 Å². The highest BCUT2D eigenvalue weighted by Gasteiger charge is 2.11. The highest BCUT2D eigenvalue weighted by atomic mass is 16.1. The fourth-order valence-corrected chi connectivity index (χ4v) is 1.52. The summed E-state index contributed by atoms with van der Waals surface area (Å²) >= 11 is 0. The molecular weight excluding hydrogens is 228 g/mol. The van der Waals surface area contributed by atoms with E-state index in [0.29, 0.717) is 23.7 Å². The minimum atomic E-state index is -0.224. The third-order valence-corrected chi connectivity index (χ3v) is 2.30. The van der Waals surface area contributed by atoms with Crippen molar-refractivity contribution in [2.45, 2.75) is 6.92 Å². The molecule has 5 heteroatoms. The van der Waals surface area contributed by atoms with Gasteiger partial charge in [-0.1, -0.05) is 6.07 Å². The molecule has 0 bridgehead atoms. The number of carbonyl (C=O) groups excluding carboxylic acids is 1. The number of amides is 1. The third kappa shape index (κ3) is 2.82. The predicted octanol–water partition coefficient (Wildman–Crippen LogP) is 2.16. The Morgan fingerprint density at radius 3 is 2.72 bits per heavy atom. The molecule has 0 aliphatic heterocycles. The average molecular weight is 242 g/mol. The van der Waals surface area contributed by atoms with Crippen LogP contribution < -0.4 is 10.6 Å². The first-order chi connectivity index (χ1) is 8.81. The second-order valence-corrected chi connectivity index (χ2v) is 3.60. The molecule has 18 heavy (non-hydrogen) atoms. The Balaban J connectivity index is 2.19. The molecule has 2 aromatic heterocycles. The van der Waals surface area contributed by atoms with Gasteiger partial charge in [0.25, 0.3) is 5.91 Å². The summed E-state index contributed by atoms with van der Waals surface area (Å²) in [6.07, 6.45) is 3.28. The van der Waals surface area contributed by atoms with Gasteiger partial charge in [0.05, 0.1) is 5.56 Å². The lowest BCUT2D eigenvalue weighted by Gasteiger charge is -2.09. The van der Waals surface area contributed by atoms with Gasteiger partial charge >= 0.3 is 0 Å². The van der Waals surface area contributed by atoms with Gasteiger partial charge in [0.15, 0.2) is 0 Å². The lowest BCUT2D eigenvalue weighted by atomic mass is 10.2. The van der Waals surface area contributed by atoms with Crippen LogP contribution >= 0.6 is 0 Å². The Labute approximate surface area is 105 Å². The molecule has 92 valence electrons. The molecule has 0 saturated heterocycles. The van der Waals surface area contributed by atoms with Crippen molar-refractivity contribution in [1.29, 1.82) is 0 Å². The minimum absolute atomic E-state index is 0.224. The second-order valence-electron chi connectivity index (χ2n) is 3.60. The van der Waals surface area contributed by atoms with Gasteiger partial charge in [-0.05, 0) is 31.2 Å². The number of nitrogens with one attached hydrogen (secondary N) is 2. The van der Waals surface area contributed by atoms with E-state index in [0.717, 1.165) is 0 Å². The molecular formula is C13H14N4O. The van der Waals surface area contributed by atoms with Crippen molar-refractivity contribution in [1.82, 2.24) is 9.97 Å². The molecule has 0 aromatic carbocycles. The van der Waals surface area contributed by atoms with E-state index in [4.69, 9.17) is 0 Å². The van der Waals surface area contributed by atoms with Crippen LogP contribution in [-0.4, -0.2) is 22.4 Å². The number of hydrogen-bond donors (Lipinski definition) is 2. The Morgan fingerprint density at radius 2 is 2.00 bits per heavy atom. The summed E-state index contributed by atoms with van der Waals surface area (Å²) in [4.78, 5) is 20.3. The first-order valence-corrected chi connectivity index (χ1v) is 5.72. The van der Waals surface area contributed by atoms with Gasteiger partial charge in [-0.2, -0.15) is 0 Å². The molecule has 1 amide bonds. The monoisotopic (exact) mass is 242 g/mol. The summed E-state index contributed by atoms with van der Waals surface area (Å²) in [5, 5.41) is 5.78. The van der Waals surface area contributed by atoms with Crippen molar-refractivity contribution >= 4 is 17.5 Å². The van der Waals surface area contributed by atoms with Crippen molar-refractivity contribution in [3.8, 4) is 0 Å². The molecule has 2 N–H and O–H groups in total. The zero-order valence-electron chi connectivity index (χ0n) is 10.1. The first kappa shape index (κ1) is 12.0. The largest absolute Gasteiger partial charge is 0.370 e. The normalized spacial score (nSPS) is 9.83. The fraction of sp³-hybridized carbons (Fsp3) is 0.154. The first-order valence-electron chi connectivity index (χ1n) is 5.72. The minimum Gasteiger partial charge on any atom is -0.370 e. The van der Waals surface area contributed by atoms with Crippen LogP contribution in [0.4, 0.5) is 11.6 Å². The highest BCUT2D eigenvalue weighted by Crippen LogP contribution is 2.13. The summed E-state index contributed by atoms with van der Waals surface area (Å²) in [7, 11) is 0. The van der Waals surface area contributed by atoms with E-state index in [1.807, 2.05) is 13.0 Å². The number of carbonyl (C=O) groups is 1. The van der Waals surface area contributed by atoms with E-state index in [2.05, 4.69) is 20.6 Å². The molecule has 0 atom stereocenters. The molecule has 0 unspecified atom stereocenters. The lowest BCUT2D eigenvalue weighted by Crippen LogP contribution is -2.16. The van der Waals surface area contributed by atoms with Gasteiger partial charge in [0.1, 0.15) is 11.6 Å². The zero-order valence-corrected chi connectivity index (χ0v) is 10.1. The summed E-state index contributed by atoms with van der Waals surface area (Å²) in [5.74, 6) is 0.875. The van der Waals surface area contributed by atoms with Crippen molar-refractivity contribution in [3.05, 3.63) is 48.3 Å². The maximum Gasteiger partial charge on any atom is 0.260 e. The van der Waals surface area contributed by atoms with E-state index < -0.39 is 0 Å². The van der Waals surface area contributed by atoms with Gasteiger partial charge in [0, 0.05) is 18.9 Å². The van der Waals surface area contributed by atoms with Crippen molar-refractivity contribution in [3.63, 3.8) is 0 Å². The third-order valence-electron chi connectivity index (χ3n) is 2.30. The van der Waals surface area contributed by atoms with E-state index >= 15 is 0 Å². The Hall–Kier alpha value is -2.43.